The molecular formula is C19H43NO6Si2. The molecule has 0 aliphatic rings. The summed E-state index contributed by atoms with van der Waals surface area (Å²) in [7, 11) is 1.88. The molecule has 28 heavy (non-hydrogen) atoms. The van der Waals surface area contributed by atoms with E-state index in [2.05, 4.69) is 41.5 Å². The highest BCUT2D eigenvalue weighted by Crippen LogP contribution is 2.43. The van der Waals surface area contributed by atoms with Gasteiger partial charge < -0.3 is 27.7 Å². The number of likely N-dealkylation sites (N-methyl/N-ethyl adjacent to an activating group) is 1. The van der Waals surface area contributed by atoms with Crippen LogP contribution in [0.3, 0.4) is 0 Å². The highest BCUT2D eigenvalue weighted by atomic mass is 28.4. The Morgan fingerprint density at radius 1 is 0.929 bits per heavy atom. The molecule has 0 spiro atoms. The number of carboxylic acid groups (broad SMARTS) is 1. The van der Waals surface area contributed by atoms with Crippen molar-refractivity contribution in [1.82, 2.24) is 4.90 Å². The van der Waals surface area contributed by atoms with Gasteiger partial charge in [0.05, 0.1) is 0 Å². The van der Waals surface area contributed by atoms with Crippen LogP contribution in [0.4, 0.5) is 0 Å². The minimum absolute atomic E-state index is 0.344. The molecular weight excluding hydrogens is 394 g/mol. The smallest absolute Gasteiger partial charge is 0.479 e. The van der Waals surface area contributed by atoms with Gasteiger partial charge in [-0.2, -0.15) is 0 Å². The molecule has 0 fully saturated rings. The van der Waals surface area contributed by atoms with Crippen molar-refractivity contribution in [2.45, 2.75) is 76.7 Å². The molecule has 0 heterocycles. The van der Waals surface area contributed by atoms with Gasteiger partial charge in [-0.15, -0.1) is 0 Å². The Kier molecular flexibility index (Phi) is 12.3. The Morgan fingerprint density at radius 2 is 1.36 bits per heavy atom. The minimum atomic E-state index is -2.60. The van der Waals surface area contributed by atoms with Gasteiger partial charge in [0.2, 0.25) is 8.32 Å². The van der Waals surface area contributed by atoms with E-state index in [0.717, 1.165) is 13.0 Å². The maximum Gasteiger partial charge on any atom is 0.500 e. The van der Waals surface area contributed by atoms with Crippen molar-refractivity contribution in [3.05, 3.63) is 0 Å². The lowest BCUT2D eigenvalue weighted by atomic mass is 10.3. The van der Waals surface area contributed by atoms with Gasteiger partial charge in [-0.1, -0.05) is 41.5 Å². The molecule has 0 aromatic heterocycles. The topological polar surface area (TPSA) is 77.5 Å². The predicted octanol–water partition coefficient (Wildman–Crippen LogP) is 3.83. The van der Waals surface area contributed by atoms with Crippen LogP contribution in [0.2, 0.25) is 22.7 Å². The number of carboxylic acids is 1. The van der Waals surface area contributed by atoms with Crippen molar-refractivity contribution in [2.24, 2.45) is 0 Å². The molecule has 1 unspecified atom stereocenters. The monoisotopic (exact) mass is 437 g/mol. The van der Waals surface area contributed by atoms with E-state index < -0.39 is 29.2 Å². The normalized spacial score (nSPS) is 14.5. The first-order chi connectivity index (χ1) is 12.9. The highest BCUT2D eigenvalue weighted by molar-refractivity contribution is 6.77. The summed E-state index contributed by atoms with van der Waals surface area (Å²) in [5.41, 5.74) is 1.03. The third-order valence-corrected chi connectivity index (χ3v) is 14.7. The van der Waals surface area contributed by atoms with Gasteiger partial charge in [0.1, 0.15) is 0 Å². The first-order valence-electron chi connectivity index (χ1n) is 10.2. The average molecular weight is 438 g/mol. The number of hydrogen-bond acceptors (Lipinski definition) is 6. The number of aliphatic carboxylic acids is 1. The van der Waals surface area contributed by atoms with Gasteiger partial charge in [0.25, 0.3) is 0 Å². The van der Waals surface area contributed by atoms with Crippen LogP contribution >= 0.6 is 0 Å². The van der Waals surface area contributed by atoms with Crippen molar-refractivity contribution >= 4 is 23.1 Å². The number of carbonyl (C=O) groups is 1. The highest BCUT2D eigenvalue weighted by Gasteiger charge is 2.48. The lowest BCUT2D eigenvalue weighted by Crippen LogP contribution is -2.53. The molecule has 0 aromatic rings. The van der Waals surface area contributed by atoms with Crippen LogP contribution in [0.5, 0.6) is 0 Å². The fraction of sp³-hybridized carbons (Fsp3) is 0.947. The summed E-state index contributed by atoms with van der Waals surface area (Å²) in [6.07, 6.45) is -0.0238. The maximum atomic E-state index is 12.0. The number of hydrogen-bond donors (Lipinski definition) is 1. The molecule has 0 radical (unpaired) electrons. The Bertz CT molecular complexity index is 428. The second kappa shape index (κ2) is 12.4. The third-order valence-electron chi connectivity index (χ3n) is 5.76. The molecule has 7 nitrogen and oxygen atoms in total. The van der Waals surface area contributed by atoms with E-state index in [9.17, 15) is 9.90 Å². The van der Waals surface area contributed by atoms with Gasteiger partial charge in [0.15, 0.2) is 6.10 Å². The van der Waals surface area contributed by atoms with Crippen LogP contribution in [0.15, 0.2) is 0 Å². The summed E-state index contributed by atoms with van der Waals surface area (Å²) in [4.78, 5) is 14.0. The lowest BCUT2D eigenvalue weighted by molar-refractivity contribution is -0.146. The Hall–Kier alpha value is -0.296. The van der Waals surface area contributed by atoms with Crippen LogP contribution in [0.25, 0.3) is 0 Å². The van der Waals surface area contributed by atoms with Crippen molar-refractivity contribution in [1.29, 1.82) is 0 Å². The van der Waals surface area contributed by atoms with Crippen molar-refractivity contribution < 1.29 is 27.6 Å². The van der Waals surface area contributed by atoms with Gasteiger partial charge in [-0.3, -0.25) is 0 Å². The van der Waals surface area contributed by atoms with E-state index in [1.165, 1.54) is 0 Å². The maximum absolute atomic E-state index is 12.0. The molecule has 168 valence electrons. The number of rotatable bonds is 15. The SMILES string of the molecule is CO[Si](CCCN(C)CC(O[Si](C(C)C)(C(C)C)C(C)C)C(=O)O)(OC)OC. The zero-order chi connectivity index (χ0) is 22.1. The standard InChI is InChI=1S/C19H43NO6Si2/c1-15(2)28(16(3)4,17(5)6)26-18(19(21)22)14-20(7)12-11-13-27(23-8,24-9)25-10/h15-18H,11-14H2,1-10H3,(H,21,22). The van der Waals surface area contributed by atoms with E-state index in [4.69, 9.17) is 17.7 Å². The second-order valence-corrected chi connectivity index (χ2v) is 16.9. The molecule has 0 aliphatic carbocycles. The van der Waals surface area contributed by atoms with Crippen molar-refractivity contribution in [2.75, 3.05) is 41.5 Å². The first-order valence-corrected chi connectivity index (χ1v) is 14.2. The molecule has 0 amide bonds. The lowest BCUT2D eigenvalue weighted by Gasteiger charge is -2.44. The molecule has 0 saturated carbocycles. The zero-order valence-corrected chi connectivity index (χ0v) is 21.6. The largest absolute Gasteiger partial charge is 0.500 e. The van der Waals surface area contributed by atoms with Crippen molar-refractivity contribution in [3.63, 3.8) is 0 Å². The van der Waals surface area contributed by atoms with Crippen molar-refractivity contribution in [3.8, 4) is 0 Å². The van der Waals surface area contributed by atoms with Gasteiger partial charge in [-0.05, 0) is 36.6 Å². The van der Waals surface area contributed by atoms with E-state index in [-0.39, 0.29) is 0 Å². The second-order valence-electron chi connectivity index (χ2n) is 8.42. The van der Waals surface area contributed by atoms with Crippen LogP contribution in [0.1, 0.15) is 48.0 Å². The van der Waals surface area contributed by atoms with Gasteiger partial charge in [0, 0.05) is 33.9 Å². The first kappa shape index (κ1) is 27.7. The average Bonchev–Trinajstić information content (AvgIpc) is 2.61. The molecule has 0 saturated heterocycles. The van der Waals surface area contributed by atoms with Gasteiger partial charge >= 0.3 is 14.8 Å². The number of nitrogens with zero attached hydrogens (tertiary/aromatic N) is 1. The molecule has 0 aliphatic heterocycles. The summed E-state index contributed by atoms with van der Waals surface area (Å²) in [5.74, 6) is -0.889. The Balaban J connectivity index is 5.09. The Morgan fingerprint density at radius 3 is 1.68 bits per heavy atom. The van der Waals surface area contributed by atoms with Crippen LogP contribution < -0.4 is 0 Å². The zero-order valence-electron chi connectivity index (χ0n) is 19.6. The fourth-order valence-corrected chi connectivity index (χ4v) is 11.5. The van der Waals surface area contributed by atoms with E-state index in [1.54, 1.807) is 21.3 Å². The molecule has 0 bridgehead atoms. The molecule has 0 rings (SSSR count). The van der Waals surface area contributed by atoms with E-state index >= 15 is 0 Å². The quantitative estimate of drug-likeness (QED) is 0.390. The molecule has 1 N–H and O–H groups in total. The van der Waals surface area contributed by atoms with E-state index in [0.29, 0.717) is 29.2 Å². The minimum Gasteiger partial charge on any atom is -0.479 e. The summed E-state index contributed by atoms with van der Waals surface area (Å²) in [5, 5.41) is 9.82. The fourth-order valence-electron chi connectivity index (χ4n) is 4.32. The van der Waals surface area contributed by atoms with Crippen LogP contribution in [-0.2, 0) is 22.5 Å². The summed E-state index contributed by atoms with van der Waals surface area (Å²) < 4.78 is 22.8. The summed E-state index contributed by atoms with van der Waals surface area (Å²) in [6, 6.07) is 0.683. The summed E-state index contributed by atoms with van der Waals surface area (Å²) in [6.45, 7) is 14.1. The molecule has 0 aromatic carbocycles. The predicted molar refractivity (Wildman–Crippen MR) is 117 cm³/mol. The molecule has 9 heteroatoms. The van der Waals surface area contributed by atoms with Gasteiger partial charge in [-0.25, -0.2) is 4.79 Å². The van der Waals surface area contributed by atoms with Crippen LogP contribution in [0, 0.1) is 0 Å². The Labute approximate surface area is 174 Å². The van der Waals surface area contributed by atoms with E-state index in [1.807, 2.05) is 11.9 Å². The third kappa shape index (κ3) is 7.19. The van der Waals surface area contributed by atoms with Crippen LogP contribution in [-0.4, -0.2) is 80.7 Å². The summed E-state index contributed by atoms with van der Waals surface area (Å²) >= 11 is 0. The molecule has 1 atom stereocenters.